The minimum absolute atomic E-state index is 0.0272. The van der Waals surface area contributed by atoms with Crippen LogP contribution in [0, 0.1) is 5.41 Å². The number of aliphatic hydroxyl groups is 1. The molecule has 1 amide bonds. The van der Waals surface area contributed by atoms with E-state index in [1.807, 2.05) is 0 Å². The fourth-order valence-corrected chi connectivity index (χ4v) is 3.21. The van der Waals surface area contributed by atoms with Gasteiger partial charge in [-0.25, -0.2) is 9.13 Å². The Morgan fingerprint density at radius 3 is 2.35 bits per heavy atom. The average molecular weight is 377 g/mol. The van der Waals surface area contributed by atoms with Crippen molar-refractivity contribution in [1.29, 1.82) is 0 Å². The molecule has 11 nitrogen and oxygen atoms in total. The molecular weight excluding hydrogens is 356 g/mol. The van der Waals surface area contributed by atoms with Gasteiger partial charge in [-0.05, 0) is 0 Å². The van der Waals surface area contributed by atoms with Crippen molar-refractivity contribution >= 4 is 27.8 Å². The SMILES string of the molecule is COP(=O)(O)OP(=O)(O)OCC(C)(C)C(O)C(=O)NCCC=O. The van der Waals surface area contributed by atoms with E-state index in [0.29, 0.717) is 6.29 Å². The van der Waals surface area contributed by atoms with Crippen molar-refractivity contribution in [3.05, 3.63) is 0 Å². The summed E-state index contributed by atoms with van der Waals surface area (Å²) in [5.74, 6) is -0.807. The van der Waals surface area contributed by atoms with Gasteiger partial charge in [0.2, 0.25) is 5.91 Å². The Bertz CT molecular complexity index is 508. The third-order valence-electron chi connectivity index (χ3n) is 2.59. The normalized spacial score (nSPS) is 18.5. The molecule has 0 bridgehead atoms. The van der Waals surface area contributed by atoms with Crippen molar-refractivity contribution in [3.63, 3.8) is 0 Å². The number of phosphoric acid groups is 2. The number of aldehydes is 1. The van der Waals surface area contributed by atoms with Crippen molar-refractivity contribution < 1.29 is 47.0 Å². The number of amides is 1. The summed E-state index contributed by atoms with van der Waals surface area (Å²) in [5.41, 5.74) is -1.33. The fourth-order valence-electron chi connectivity index (χ4n) is 1.22. The summed E-state index contributed by atoms with van der Waals surface area (Å²) in [5, 5.41) is 12.2. The molecule has 0 aromatic carbocycles. The van der Waals surface area contributed by atoms with Gasteiger partial charge < -0.3 is 25.0 Å². The van der Waals surface area contributed by atoms with Crippen LogP contribution in [-0.2, 0) is 32.1 Å². The van der Waals surface area contributed by atoms with Crippen molar-refractivity contribution in [3.8, 4) is 0 Å². The highest BCUT2D eigenvalue weighted by Gasteiger charge is 2.39. The van der Waals surface area contributed by atoms with Crippen LogP contribution in [0.15, 0.2) is 0 Å². The Morgan fingerprint density at radius 2 is 1.87 bits per heavy atom. The maximum Gasteiger partial charge on any atom is 0.481 e. The molecule has 136 valence electrons. The van der Waals surface area contributed by atoms with Gasteiger partial charge in [0.25, 0.3) is 0 Å². The van der Waals surface area contributed by atoms with Crippen molar-refractivity contribution in [2.45, 2.75) is 26.4 Å². The summed E-state index contributed by atoms with van der Waals surface area (Å²) in [4.78, 5) is 40.1. The molecule has 0 aliphatic heterocycles. The molecule has 0 saturated heterocycles. The molecule has 13 heteroatoms. The maximum atomic E-state index is 11.7. The van der Waals surface area contributed by atoms with E-state index in [4.69, 9.17) is 4.89 Å². The van der Waals surface area contributed by atoms with Crippen LogP contribution in [0.4, 0.5) is 0 Å². The lowest BCUT2D eigenvalue weighted by Crippen LogP contribution is -2.46. The fraction of sp³-hybridized carbons (Fsp3) is 0.800. The number of nitrogens with one attached hydrogen (secondary N) is 1. The molecule has 0 aliphatic rings. The van der Waals surface area contributed by atoms with Crippen LogP contribution in [0.3, 0.4) is 0 Å². The maximum absolute atomic E-state index is 11.7. The predicted octanol–water partition coefficient (Wildman–Crippen LogP) is -0.0409. The highest BCUT2D eigenvalue weighted by molar-refractivity contribution is 7.61. The third kappa shape index (κ3) is 8.69. The van der Waals surface area contributed by atoms with Crippen molar-refractivity contribution in [1.82, 2.24) is 5.32 Å². The number of carbonyl (C=O) groups excluding carboxylic acids is 2. The summed E-state index contributed by atoms with van der Waals surface area (Å²) < 4.78 is 35.0. The van der Waals surface area contributed by atoms with Crippen LogP contribution in [0.25, 0.3) is 0 Å². The molecule has 0 rings (SSSR count). The van der Waals surface area contributed by atoms with Gasteiger partial charge in [-0.15, -0.1) is 0 Å². The molecule has 0 fully saturated rings. The van der Waals surface area contributed by atoms with Gasteiger partial charge in [0.15, 0.2) is 0 Å². The molecule has 0 saturated carbocycles. The minimum Gasteiger partial charge on any atom is -0.383 e. The van der Waals surface area contributed by atoms with Gasteiger partial charge in [0.1, 0.15) is 12.4 Å². The first-order chi connectivity index (χ1) is 10.4. The second-order valence-corrected chi connectivity index (χ2v) is 8.26. The van der Waals surface area contributed by atoms with E-state index in [0.717, 1.165) is 7.11 Å². The van der Waals surface area contributed by atoms with Crippen LogP contribution < -0.4 is 5.32 Å². The van der Waals surface area contributed by atoms with E-state index in [2.05, 4.69) is 18.7 Å². The highest BCUT2D eigenvalue weighted by Crippen LogP contribution is 2.60. The highest BCUT2D eigenvalue weighted by atomic mass is 31.3. The van der Waals surface area contributed by atoms with Gasteiger partial charge >= 0.3 is 15.6 Å². The number of rotatable bonds is 11. The van der Waals surface area contributed by atoms with Gasteiger partial charge in [-0.1, -0.05) is 13.8 Å². The van der Waals surface area contributed by atoms with E-state index in [1.54, 1.807) is 0 Å². The molecule has 0 aromatic rings. The summed E-state index contributed by atoms with van der Waals surface area (Å²) in [6.45, 7) is 2.09. The lowest BCUT2D eigenvalue weighted by Gasteiger charge is -2.29. The van der Waals surface area contributed by atoms with Crippen LogP contribution in [0.1, 0.15) is 20.3 Å². The van der Waals surface area contributed by atoms with Crippen LogP contribution >= 0.6 is 15.6 Å². The predicted molar refractivity (Wildman–Crippen MR) is 77.2 cm³/mol. The Morgan fingerprint density at radius 1 is 1.30 bits per heavy atom. The van der Waals surface area contributed by atoms with Gasteiger partial charge in [-0.2, -0.15) is 4.31 Å². The summed E-state index contributed by atoms with van der Waals surface area (Å²) >= 11 is 0. The molecule has 23 heavy (non-hydrogen) atoms. The molecule has 0 radical (unpaired) electrons. The molecule has 3 atom stereocenters. The lowest BCUT2D eigenvalue weighted by molar-refractivity contribution is -0.136. The zero-order chi connectivity index (χ0) is 18.3. The largest absolute Gasteiger partial charge is 0.481 e. The van der Waals surface area contributed by atoms with E-state index in [1.165, 1.54) is 13.8 Å². The summed E-state index contributed by atoms with van der Waals surface area (Å²) in [7, 11) is -8.91. The minimum atomic E-state index is -4.95. The first-order valence-electron chi connectivity index (χ1n) is 6.33. The van der Waals surface area contributed by atoms with Crippen LogP contribution in [-0.4, -0.2) is 53.5 Å². The molecule has 3 unspecified atom stereocenters. The molecule has 0 aromatic heterocycles. The zero-order valence-electron chi connectivity index (χ0n) is 12.9. The molecule has 0 aliphatic carbocycles. The number of hydrogen-bond donors (Lipinski definition) is 4. The van der Waals surface area contributed by atoms with Gasteiger partial charge in [-0.3, -0.25) is 13.8 Å². The van der Waals surface area contributed by atoms with E-state index in [9.17, 15) is 28.7 Å². The van der Waals surface area contributed by atoms with E-state index >= 15 is 0 Å². The Labute approximate surface area is 133 Å². The quantitative estimate of drug-likeness (QED) is 0.218. The van der Waals surface area contributed by atoms with Crippen LogP contribution in [0.2, 0.25) is 0 Å². The van der Waals surface area contributed by atoms with E-state index < -0.39 is 39.7 Å². The third-order valence-corrected chi connectivity index (χ3v) is 5.15. The first kappa shape index (κ1) is 22.4. The van der Waals surface area contributed by atoms with Crippen LogP contribution in [0.5, 0.6) is 0 Å². The van der Waals surface area contributed by atoms with E-state index in [-0.39, 0.29) is 13.0 Å². The summed E-state index contributed by atoms with van der Waals surface area (Å²) in [6, 6.07) is 0. The molecule has 0 heterocycles. The van der Waals surface area contributed by atoms with Gasteiger partial charge in [0.05, 0.1) is 6.61 Å². The second kappa shape index (κ2) is 9.00. The van der Waals surface area contributed by atoms with Gasteiger partial charge in [0, 0.05) is 25.5 Å². The lowest BCUT2D eigenvalue weighted by atomic mass is 9.87. The molecule has 4 N–H and O–H groups in total. The first-order valence-corrected chi connectivity index (χ1v) is 9.32. The smallest absolute Gasteiger partial charge is 0.383 e. The number of hydrogen-bond acceptors (Lipinski definition) is 8. The van der Waals surface area contributed by atoms with Crippen molar-refractivity contribution in [2.75, 3.05) is 20.3 Å². The Balaban J connectivity index is 4.66. The molecular formula is C10H21NO10P2. The topological polar surface area (TPSA) is 169 Å². The Hall–Kier alpha value is -0.640. The average Bonchev–Trinajstić information content (AvgIpc) is 2.44. The monoisotopic (exact) mass is 377 g/mol. The number of aliphatic hydroxyl groups excluding tert-OH is 1. The second-order valence-electron chi connectivity index (χ2n) is 5.11. The zero-order valence-corrected chi connectivity index (χ0v) is 14.7. The summed E-state index contributed by atoms with van der Waals surface area (Å²) in [6.07, 6.45) is -0.973. The Kier molecular flexibility index (Phi) is 8.75. The molecule has 0 spiro atoms. The number of phosphoric ester groups is 2. The standard InChI is InChI=1S/C10H21NO10P2/c1-10(2,8(13)9(14)11-5-4-6-12)7-20-23(17,18)21-22(15,16)19-3/h6,8,13H,4-5,7H2,1-3H3,(H,11,14)(H,15,16)(H,17,18). The number of carbonyl (C=O) groups is 2. The van der Waals surface area contributed by atoms with Crippen molar-refractivity contribution in [2.24, 2.45) is 5.41 Å².